The van der Waals surface area contributed by atoms with Gasteiger partial charge in [-0.2, -0.15) is 0 Å². The van der Waals surface area contributed by atoms with Gasteiger partial charge in [-0.25, -0.2) is 0 Å². The van der Waals surface area contributed by atoms with E-state index in [0.717, 1.165) is 25.2 Å². The lowest BCUT2D eigenvalue weighted by molar-refractivity contribution is 0.0958. The summed E-state index contributed by atoms with van der Waals surface area (Å²) in [5.74, 6) is -0.178. The Bertz CT molecular complexity index is 669. The van der Waals surface area contributed by atoms with Gasteiger partial charge in [0.1, 0.15) is 5.69 Å². The summed E-state index contributed by atoms with van der Waals surface area (Å²) in [5.41, 5.74) is 5.15. The minimum atomic E-state index is -0.178. The minimum absolute atomic E-state index is 0.178. The van der Waals surface area contributed by atoms with Crippen LogP contribution < -0.4 is 16.0 Å². The van der Waals surface area contributed by atoms with E-state index in [-0.39, 0.29) is 5.91 Å². The number of anilines is 2. The highest BCUT2D eigenvalue weighted by atomic mass is 16.1. The molecule has 5 heteroatoms. The molecule has 1 aliphatic heterocycles. The molecular formula is C16H18N4O. The van der Waals surface area contributed by atoms with Gasteiger partial charge in [-0.15, -0.1) is 0 Å². The lowest BCUT2D eigenvalue weighted by Crippen LogP contribution is -2.19. The summed E-state index contributed by atoms with van der Waals surface area (Å²) in [6.45, 7) is 1.75. The van der Waals surface area contributed by atoms with Crippen LogP contribution in [0.3, 0.4) is 0 Å². The minimum Gasteiger partial charge on any atom is -0.384 e. The molecule has 3 rings (SSSR count). The second kappa shape index (κ2) is 5.83. The Hall–Kier alpha value is -2.56. The molecule has 108 valence electrons. The molecule has 0 atom stereocenters. The SMILES string of the molecule is CNC(=O)c1cc(NCc2ccc3c(c2)CCN3)ccn1. The Labute approximate surface area is 123 Å². The number of hydrogen-bond donors (Lipinski definition) is 3. The van der Waals surface area contributed by atoms with Crippen LogP contribution in [0, 0.1) is 0 Å². The molecule has 0 saturated heterocycles. The van der Waals surface area contributed by atoms with Crippen molar-refractivity contribution >= 4 is 17.3 Å². The zero-order chi connectivity index (χ0) is 14.7. The van der Waals surface area contributed by atoms with Crippen LogP contribution in [0.2, 0.25) is 0 Å². The zero-order valence-electron chi connectivity index (χ0n) is 11.9. The molecule has 5 nitrogen and oxygen atoms in total. The normalized spacial score (nSPS) is 12.4. The molecule has 1 amide bonds. The summed E-state index contributed by atoms with van der Waals surface area (Å²) >= 11 is 0. The van der Waals surface area contributed by atoms with Crippen molar-refractivity contribution in [1.29, 1.82) is 0 Å². The van der Waals surface area contributed by atoms with Crippen LogP contribution in [0.1, 0.15) is 21.6 Å². The van der Waals surface area contributed by atoms with E-state index in [1.165, 1.54) is 16.8 Å². The van der Waals surface area contributed by atoms with Gasteiger partial charge in [0.15, 0.2) is 0 Å². The Morgan fingerprint density at radius 1 is 1.33 bits per heavy atom. The van der Waals surface area contributed by atoms with Crippen LogP contribution in [-0.2, 0) is 13.0 Å². The first-order chi connectivity index (χ1) is 10.3. The molecule has 1 aliphatic rings. The molecule has 0 spiro atoms. The van der Waals surface area contributed by atoms with E-state index in [9.17, 15) is 4.79 Å². The van der Waals surface area contributed by atoms with E-state index >= 15 is 0 Å². The van der Waals surface area contributed by atoms with Crippen molar-refractivity contribution in [2.45, 2.75) is 13.0 Å². The highest BCUT2D eigenvalue weighted by Crippen LogP contribution is 2.23. The van der Waals surface area contributed by atoms with E-state index in [0.29, 0.717) is 5.69 Å². The monoisotopic (exact) mass is 282 g/mol. The van der Waals surface area contributed by atoms with Crippen molar-refractivity contribution in [3.8, 4) is 0 Å². The van der Waals surface area contributed by atoms with Crippen LogP contribution in [0.4, 0.5) is 11.4 Å². The fourth-order valence-corrected chi connectivity index (χ4v) is 2.47. The van der Waals surface area contributed by atoms with Crippen molar-refractivity contribution in [2.24, 2.45) is 0 Å². The van der Waals surface area contributed by atoms with Crippen molar-refractivity contribution < 1.29 is 4.79 Å². The quantitative estimate of drug-likeness (QED) is 0.802. The van der Waals surface area contributed by atoms with Gasteiger partial charge in [0.25, 0.3) is 5.91 Å². The molecule has 2 aromatic rings. The number of hydrogen-bond acceptors (Lipinski definition) is 4. The van der Waals surface area contributed by atoms with Crippen LogP contribution in [0.15, 0.2) is 36.5 Å². The Balaban J connectivity index is 1.69. The lowest BCUT2D eigenvalue weighted by atomic mass is 10.1. The standard InChI is InChI=1S/C16H18N4O/c1-17-16(21)15-9-13(5-7-19-15)20-10-11-2-3-14-12(8-11)4-6-18-14/h2-3,5,7-9,18H,4,6,10H2,1H3,(H,17,21)(H,19,20). The number of rotatable bonds is 4. The van der Waals surface area contributed by atoms with Crippen LogP contribution in [0.5, 0.6) is 0 Å². The number of nitrogens with zero attached hydrogens (tertiary/aromatic N) is 1. The van der Waals surface area contributed by atoms with Gasteiger partial charge in [0, 0.05) is 37.7 Å². The van der Waals surface area contributed by atoms with Crippen molar-refractivity contribution in [1.82, 2.24) is 10.3 Å². The Morgan fingerprint density at radius 2 is 2.24 bits per heavy atom. The highest BCUT2D eigenvalue weighted by Gasteiger charge is 2.10. The van der Waals surface area contributed by atoms with Gasteiger partial charge >= 0.3 is 0 Å². The van der Waals surface area contributed by atoms with Crippen molar-refractivity contribution in [2.75, 3.05) is 24.2 Å². The lowest BCUT2D eigenvalue weighted by Gasteiger charge is -2.09. The summed E-state index contributed by atoms with van der Waals surface area (Å²) in [6, 6.07) is 10.1. The van der Waals surface area contributed by atoms with Gasteiger partial charge in [-0.05, 0) is 35.7 Å². The summed E-state index contributed by atoms with van der Waals surface area (Å²) in [7, 11) is 1.60. The number of fused-ring (bicyclic) bond motifs is 1. The third-order valence-corrected chi connectivity index (χ3v) is 3.60. The summed E-state index contributed by atoms with van der Waals surface area (Å²) < 4.78 is 0. The smallest absolute Gasteiger partial charge is 0.269 e. The Kier molecular flexibility index (Phi) is 3.73. The van der Waals surface area contributed by atoms with Crippen molar-refractivity contribution in [3.63, 3.8) is 0 Å². The van der Waals surface area contributed by atoms with Crippen molar-refractivity contribution in [3.05, 3.63) is 53.3 Å². The number of carbonyl (C=O) groups is 1. The van der Waals surface area contributed by atoms with Gasteiger partial charge < -0.3 is 16.0 Å². The fraction of sp³-hybridized carbons (Fsp3) is 0.250. The first kappa shape index (κ1) is 13.4. The number of aromatic nitrogens is 1. The number of amides is 1. The van der Waals surface area contributed by atoms with Crippen LogP contribution in [-0.4, -0.2) is 24.5 Å². The van der Waals surface area contributed by atoms with E-state index in [1.807, 2.05) is 6.07 Å². The third kappa shape index (κ3) is 2.97. The molecule has 1 aromatic carbocycles. The molecule has 2 heterocycles. The Morgan fingerprint density at radius 3 is 3.10 bits per heavy atom. The molecule has 21 heavy (non-hydrogen) atoms. The van der Waals surface area contributed by atoms with Gasteiger partial charge in [-0.3, -0.25) is 9.78 Å². The molecule has 0 fully saturated rings. The topological polar surface area (TPSA) is 66.1 Å². The van der Waals surface area contributed by atoms with Gasteiger partial charge in [0.2, 0.25) is 0 Å². The molecule has 0 unspecified atom stereocenters. The first-order valence-corrected chi connectivity index (χ1v) is 7.04. The summed E-state index contributed by atoms with van der Waals surface area (Å²) in [6.07, 6.45) is 2.72. The van der Waals surface area contributed by atoms with Gasteiger partial charge in [-0.1, -0.05) is 12.1 Å². The summed E-state index contributed by atoms with van der Waals surface area (Å²) in [5, 5.41) is 9.26. The molecule has 1 aromatic heterocycles. The largest absolute Gasteiger partial charge is 0.384 e. The predicted octanol–water partition coefficient (Wildman–Crippen LogP) is 2.02. The highest BCUT2D eigenvalue weighted by molar-refractivity contribution is 5.92. The summed E-state index contributed by atoms with van der Waals surface area (Å²) in [4.78, 5) is 15.6. The maximum atomic E-state index is 11.6. The molecule has 0 bridgehead atoms. The average Bonchev–Trinajstić information content (AvgIpc) is 3.00. The number of nitrogens with one attached hydrogen (secondary N) is 3. The molecule has 0 aliphatic carbocycles. The molecule has 3 N–H and O–H groups in total. The number of pyridine rings is 1. The maximum Gasteiger partial charge on any atom is 0.269 e. The second-order valence-corrected chi connectivity index (χ2v) is 5.03. The van der Waals surface area contributed by atoms with Crippen LogP contribution >= 0.6 is 0 Å². The number of benzene rings is 1. The van der Waals surface area contributed by atoms with E-state index in [1.54, 1.807) is 19.3 Å². The van der Waals surface area contributed by atoms with Gasteiger partial charge in [0.05, 0.1) is 0 Å². The average molecular weight is 282 g/mol. The van der Waals surface area contributed by atoms with E-state index in [2.05, 4.69) is 39.1 Å². The number of carbonyl (C=O) groups excluding carboxylic acids is 1. The van der Waals surface area contributed by atoms with E-state index in [4.69, 9.17) is 0 Å². The predicted molar refractivity (Wildman–Crippen MR) is 83.6 cm³/mol. The van der Waals surface area contributed by atoms with Crippen LogP contribution in [0.25, 0.3) is 0 Å². The van der Waals surface area contributed by atoms with E-state index < -0.39 is 0 Å². The fourth-order valence-electron chi connectivity index (χ4n) is 2.47. The maximum absolute atomic E-state index is 11.6. The second-order valence-electron chi connectivity index (χ2n) is 5.03. The molecule has 0 saturated carbocycles. The zero-order valence-corrected chi connectivity index (χ0v) is 11.9. The molecule has 0 radical (unpaired) electrons. The molecular weight excluding hydrogens is 264 g/mol. The first-order valence-electron chi connectivity index (χ1n) is 7.04. The third-order valence-electron chi connectivity index (χ3n) is 3.60.